The molecule has 0 N–H and O–H groups in total. The molecule has 0 aromatic carbocycles. The van der Waals surface area contributed by atoms with Crippen LogP contribution in [0.1, 0.15) is 5.01 Å². The Balaban J connectivity index is 0.000000180. The van der Waals surface area contributed by atoms with Gasteiger partial charge in [0.05, 0.1) is 0 Å². The Morgan fingerprint density at radius 3 is 2.39 bits per heavy atom. The van der Waals surface area contributed by atoms with E-state index in [1.165, 1.54) is 11.3 Å². The smallest absolute Gasteiger partial charge is 0.251 e. The van der Waals surface area contributed by atoms with E-state index in [1.807, 2.05) is 6.92 Å². The number of hydrogen-bond donors (Lipinski definition) is 0. The lowest BCUT2D eigenvalue weighted by atomic mass is 10.4. The number of carbonyl (C=O) groups is 1. The number of aryl methyl sites for hydroxylation is 1. The number of piperazine rings is 1. The summed E-state index contributed by atoms with van der Waals surface area (Å²) in [5.74, 6) is 0. The highest BCUT2D eigenvalue weighted by Crippen LogP contribution is 2.16. The van der Waals surface area contributed by atoms with Crippen molar-refractivity contribution >= 4 is 22.9 Å². The number of amides is 1. The van der Waals surface area contributed by atoms with E-state index in [-0.39, 0.29) is 0 Å². The van der Waals surface area contributed by atoms with Gasteiger partial charge in [0.25, 0.3) is 5.13 Å². The second-order valence-electron chi connectivity index (χ2n) is 3.85. The summed E-state index contributed by atoms with van der Waals surface area (Å²) in [6.07, 6.45) is 0.924. The van der Waals surface area contributed by atoms with Gasteiger partial charge in [0.15, 0.2) is 0 Å². The van der Waals surface area contributed by atoms with E-state index in [1.54, 1.807) is 11.9 Å². The molecule has 0 atom stereocenters. The first-order valence-corrected chi connectivity index (χ1v) is 6.45. The third kappa shape index (κ3) is 5.28. The van der Waals surface area contributed by atoms with E-state index in [4.69, 9.17) is 0 Å². The summed E-state index contributed by atoms with van der Waals surface area (Å²) >= 11 is 1.43. The van der Waals surface area contributed by atoms with Crippen LogP contribution in [0.25, 0.3) is 0 Å². The Morgan fingerprint density at radius 2 is 1.94 bits per heavy atom. The van der Waals surface area contributed by atoms with Gasteiger partial charge in [0.1, 0.15) is 5.01 Å². The molecule has 0 bridgehead atoms. The number of nitrogens with zero attached hydrogens (tertiary/aromatic N) is 6. The Hall–Kier alpha value is -1.41. The summed E-state index contributed by atoms with van der Waals surface area (Å²) in [5.41, 5.74) is 0. The molecular formula is C10H18N6OS. The van der Waals surface area contributed by atoms with Gasteiger partial charge >= 0.3 is 0 Å². The number of aromatic nitrogens is 2. The predicted molar refractivity (Wildman–Crippen MR) is 70.2 cm³/mol. The lowest BCUT2D eigenvalue weighted by molar-refractivity contribution is -0.119. The molecule has 1 fully saturated rings. The number of carbonyl (C=O) groups excluding carboxylic acids is 1. The van der Waals surface area contributed by atoms with E-state index < -0.39 is 0 Å². The first kappa shape index (κ1) is 14.7. The van der Waals surface area contributed by atoms with Crippen LogP contribution in [0.2, 0.25) is 0 Å². The van der Waals surface area contributed by atoms with E-state index >= 15 is 0 Å². The fourth-order valence-corrected chi connectivity index (χ4v) is 1.89. The van der Waals surface area contributed by atoms with Crippen LogP contribution in [-0.4, -0.2) is 66.7 Å². The highest BCUT2D eigenvalue weighted by atomic mass is 32.1. The lowest BCUT2D eigenvalue weighted by Crippen LogP contribution is -2.43. The van der Waals surface area contributed by atoms with Crippen molar-refractivity contribution in [1.82, 2.24) is 20.0 Å². The van der Waals surface area contributed by atoms with Crippen LogP contribution in [0.5, 0.6) is 0 Å². The van der Waals surface area contributed by atoms with Crippen molar-refractivity contribution < 1.29 is 4.79 Å². The Bertz CT molecular complexity index is 385. The van der Waals surface area contributed by atoms with E-state index in [9.17, 15) is 4.79 Å². The zero-order chi connectivity index (χ0) is 13.4. The average Bonchev–Trinajstić information content (AvgIpc) is 2.77. The second-order valence-corrected chi connectivity index (χ2v) is 5.01. The van der Waals surface area contributed by atoms with Crippen LogP contribution in [-0.2, 0) is 4.79 Å². The summed E-state index contributed by atoms with van der Waals surface area (Å²) in [4.78, 5) is 14.2. The molecule has 1 saturated heterocycles. The van der Waals surface area contributed by atoms with Gasteiger partial charge in [-0.15, -0.1) is 15.3 Å². The number of hydrogen-bond acceptors (Lipinski definition) is 7. The molecule has 1 aliphatic rings. The van der Waals surface area contributed by atoms with Crippen LogP contribution in [0.3, 0.4) is 0 Å². The normalized spacial score (nSPS) is 16.5. The minimum atomic E-state index is 0.620. The second kappa shape index (κ2) is 7.83. The zero-order valence-corrected chi connectivity index (χ0v) is 11.7. The molecule has 0 aliphatic carbocycles. The first-order valence-electron chi connectivity index (χ1n) is 5.63. The summed E-state index contributed by atoms with van der Waals surface area (Å²) in [5, 5.41) is 16.2. The number of rotatable bonds is 2. The van der Waals surface area contributed by atoms with Crippen LogP contribution in [0.15, 0.2) is 10.2 Å². The van der Waals surface area contributed by atoms with Gasteiger partial charge in [0.2, 0.25) is 6.41 Å². The van der Waals surface area contributed by atoms with Gasteiger partial charge in [-0.1, -0.05) is 11.3 Å². The molecule has 2 rings (SSSR count). The van der Waals surface area contributed by atoms with Crippen molar-refractivity contribution in [2.75, 3.05) is 40.3 Å². The molecule has 1 aromatic heterocycles. The largest absolute Gasteiger partial charge is 0.343 e. The molecule has 0 saturated carbocycles. The SMILES string of the molecule is CN1CCN(C=O)CC1.CN=Nc1nnc(C)s1. The van der Waals surface area contributed by atoms with Crippen LogP contribution in [0, 0.1) is 6.92 Å². The van der Waals surface area contributed by atoms with Crippen molar-refractivity contribution in [1.29, 1.82) is 0 Å². The van der Waals surface area contributed by atoms with Crippen LogP contribution in [0.4, 0.5) is 5.13 Å². The monoisotopic (exact) mass is 270 g/mol. The van der Waals surface area contributed by atoms with Gasteiger partial charge < -0.3 is 9.80 Å². The van der Waals surface area contributed by atoms with Gasteiger partial charge in [0, 0.05) is 33.2 Å². The summed E-state index contributed by atoms with van der Waals surface area (Å²) < 4.78 is 0. The fourth-order valence-electron chi connectivity index (χ4n) is 1.34. The average molecular weight is 270 g/mol. The van der Waals surface area contributed by atoms with Crippen LogP contribution < -0.4 is 0 Å². The molecule has 7 nitrogen and oxygen atoms in total. The highest BCUT2D eigenvalue weighted by molar-refractivity contribution is 7.14. The molecule has 2 heterocycles. The van der Waals surface area contributed by atoms with E-state index in [0.29, 0.717) is 5.13 Å². The maximum Gasteiger partial charge on any atom is 0.251 e. The Labute approximate surface area is 111 Å². The van der Waals surface area contributed by atoms with Crippen LogP contribution >= 0.6 is 11.3 Å². The highest BCUT2D eigenvalue weighted by Gasteiger charge is 2.10. The summed E-state index contributed by atoms with van der Waals surface area (Å²) in [7, 11) is 3.68. The van der Waals surface area contributed by atoms with E-state index in [0.717, 1.165) is 37.6 Å². The number of likely N-dealkylation sites (N-methyl/N-ethyl adjacent to an activating group) is 1. The van der Waals surface area contributed by atoms with Gasteiger partial charge in [-0.2, -0.15) is 5.11 Å². The molecule has 1 aromatic rings. The van der Waals surface area contributed by atoms with Crippen molar-refractivity contribution in [3.63, 3.8) is 0 Å². The molecule has 100 valence electrons. The Kier molecular flexibility index (Phi) is 6.37. The third-order valence-electron chi connectivity index (χ3n) is 2.39. The van der Waals surface area contributed by atoms with Gasteiger partial charge in [-0.25, -0.2) is 0 Å². The maximum absolute atomic E-state index is 10.2. The third-order valence-corrected chi connectivity index (χ3v) is 3.11. The van der Waals surface area contributed by atoms with Crippen molar-refractivity contribution in [3.05, 3.63) is 5.01 Å². The lowest BCUT2D eigenvalue weighted by Gasteiger charge is -2.29. The minimum absolute atomic E-state index is 0.620. The van der Waals surface area contributed by atoms with Crippen molar-refractivity contribution in [2.24, 2.45) is 10.2 Å². The molecule has 1 amide bonds. The predicted octanol–water partition coefficient (Wildman–Crippen LogP) is 0.950. The molecule has 0 spiro atoms. The van der Waals surface area contributed by atoms with E-state index in [2.05, 4.69) is 32.4 Å². The molecular weight excluding hydrogens is 252 g/mol. The molecule has 0 unspecified atom stereocenters. The maximum atomic E-state index is 10.2. The minimum Gasteiger partial charge on any atom is -0.343 e. The molecule has 1 aliphatic heterocycles. The summed E-state index contributed by atoms with van der Waals surface area (Å²) in [6.45, 7) is 5.68. The number of azo groups is 1. The van der Waals surface area contributed by atoms with Gasteiger partial charge in [-0.05, 0) is 14.0 Å². The summed E-state index contributed by atoms with van der Waals surface area (Å²) in [6, 6.07) is 0. The zero-order valence-electron chi connectivity index (χ0n) is 10.9. The topological polar surface area (TPSA) is 74.0 Å². The van der Waals surface area contributed by atoms with Crippen molar-refractivity contribution in [2.45, 2.75) is 6.92 Å². The molecule has 8 heteroatoms. The quantitative estimate of drug-likeness (QED) is 0.592. The Morgan fingerprint density at radius 1 is 1.28 bits per heavy atom. The molecule has 18 heavy (non-hydrogen) atoms. The first-order chi connectivity index (χ1) is 8.65. The molecule has 0 radical (unpaired) electrons. The standard InChI is InChI=1S/C6H12N2O.C4H6N4S/c1-7-2-4-8(6-9)5-3-7;1-3-6-8-4(9-3)7-5-2/h6H,2-5H2,1H3;1-2H3. The van der Waals surface area contributed by atoms with Crippen molar-refractivity contribution in [3.8, 4) is 0 Å². The van der Waals surface area contributed by atoms with Gasteiger partial charge in [-0.3, -0.25) is 4.79 Å². The fraction of sp³-hybridized carbons (Fsp3) is 0.700.